The van der Waals surface area contributed by atoms with Gasteiger partial charge in [0.2, 0.25) is 0 Å². The van der Waals surface area contributed by atoms with Crippen LogP contribution in [0.3, 0.4) is 0 Å². The van der Waals surface area contributed by atoms with E-state index in [1.54, 1.807) is 10.8 Å². The van der Waals surface area contributed by atoms with Gasteiger partial charge in [0.1, 0.15) is 0 Å². The molecule has 0 amide bonds. The molecule has 78 valence electrons. The molecule has 0 fully saturated rings. The Balaban J connectivity index is 2.59. The number of rotatable bonds is 4. The minimum atomic E-state index is -0.00652. The highest BCUT2D eigenvalue weighted by Crippen LogP contribution is 1.94. The molecule has 0 spiro atoms. The van der Waals surface area contributed by atoms with Crippen LogP contribution in [0.5, 0.6) is 0 Å². The fourth-order valence-corrected chi connectivity index (χ4v) is 1.44. The third-order valence-corrected chi connectivity index (χ3v) is 2.38. The lowest BCUT2D eigenvalue weighted by Gasteiger charge is -2.08. The molecule has 0 bridgehead atoms. The zero-order chi connectivity index (χ0) is 10.6. The molecule has 0 saturated heterocycles. The van der Waals surface area contributed by atoms with Crippen molar-refractivity contribution in [1.29, 1.82) is 0 Å². The van der Waals surface area contributed by atoms with Crippen LogP contribution < -0.4 is 5.56 Å². The maximum atomic E-state index is 11.5. The summed E-state index contributed by atoms with van der Waals surface area (Å²) in [4.78, 5) is 15.4. The van der Waals surface area contributed by atoms with E-state index in [9.17, 15) is 4.79 Å². The Morgan fingerprint density at radius 2 is 2.36 bits per heavy atom. The number of aromatic nitrogens is 2. The minimum absolute atomic E-state index is 0.00652. The molecule has 0 aliphatic heterocycles. The van der Waals surface area contributed by atoms with Gasteiger partial charge in [0.25, 0.3) is 5.56 Å². The van der Waals surface area contributed by atoms with Crippen molar-refractivity contribution in [3.63, 3.8) is 0 Å². The van der Waals surface area contributed by atoms with Crippen LogP contribution in [0.15, 0.2) is 17.3 Å². The molecule has 1 aromatic heterocycles. The van der Waals surface area contributed by atoms with Crippen LogP contribution in [-0.2, 0) is 11.3 Å². The van der Waals surface area contributed by atoms with Gasteiger partial charge in [0.15, 0.2) is 0 Å². The molecule has 0 aliphatic rings. The molecule has 1 heterocycles. The predicted octanol–water partition coefficient (Wildman–Crippen LogP) is 1.27. The van der Waals surface area contributed by atoms with Gasteiger partial charge >= 0.3 is 0 Å². The van der Waals surface area contributed by atoms with Crippen molar-refractivity contribution < 1.29 is 4.74 Å². The van der Waals surface area contributed by atoms with Gasteiger partial charge in [-0.15, -0.1) is 0 Å². The zero-order valence-electron chi connectivity index (χ0n) is 8.24. The Bertz CT molecular complexity index is 349. The smallest absolute Gasteiger partial charge is 0.266 e. The fraction of sp³-hybridized carbons (Fsp3) is 0.556. The Labute approximate surface area is 96.4 Å². The summed E-state index contributed by atoms with van der Waals surface area (Å²) in [6.45, 7) is 5.03. The van der Waals surface area contributed by atoms with E-state index >= 15 is 0 Å². The van der Waals surface area contributed by atoms with Crippen molar-refractivity contribution >= 4 is 22.6 Å². The summed E-state index contributed by atoms with van der Waals surface area (Å²) >= 11 is 1.98. The molecule has 0 radical (unpaired) electrons. The second-order valence-corrected chi connectivity index (χ2v) is 4.32. The number of halogens is 1. The monoisotopic (exact) mass is 308 g/mol. The lowest BCUT2D eigenvalue weighted by Crippen LogP contribution is -2.25. The van der Waals surface area contributed by atoms with E-state index in [1.807, 2.05) is 36.4 Å². The highest BCUT2D eigenvalue weighted by molar-refractivity contribution is 14.1. The predicted molar refractivity (Wildman–Crippen MR) is 62.3 cm³/mol. The molecule has 0 atom stereocenters. The van der Waals surface area contributed by atoms with Gasteiger partial charge < -0.3 is 4.74 Å². The van der Waals surface area contributed by atoms with Crippen molar-refractivity contribution in [1.82, 2.24) is 9.55 Å². The Kier molecular flexibility index (Phi) is 4.53. The molecular weight excluding hydrogens is 295 g/mol. The topological polar surface area (TPSA) is 44.1 Å². The second kappa shape index (κ2) is 5.45. The summed E-state index contributed by atoms with van der Waals surface area (Å²) in [5.74, 6) is 0. The summed E-state index contributed by atoms with van der Waals surface area (Å²) in [5.41, 5.74) is -0.00652. The van der Waals surface area contributed by atoms with E-state index < -0.39 is 0 Å². The van der Waals surface area contributed by atoms with E-state index in [0.717, 1.165) is 0 Å². The van der Waals surface area contributed by atoms with Crippen molar-refractivity contribution in [2.75, 3.05) is 6.61 Å². The Hall–Kier alpha value is -0.430. The molecule has 4 nitrogen and oxygen atoms in total. The van der Waals surface area contributed by atoms with E-state index in [2.05, 4.69) is 4.98 Å². The minimum Gasteiger partial charge on any atom is -0.377 e. The van der Waals surface area contributed by atoms with Crippen molar-refractivity contribution in [2.45, 2.75) is 26.5 Å². The molecule has 1 aromatic rings. The average Bonchev–Trinajstić information content (AvgIpc) is 2.12. The molecule has 1 rings (SSSR count). The lowest BCUT2D eigenvalue weighted by molar-refractivity contribution is 0.0720. The molecule has 0 saturated carbocycles. The first kappa shape index (κ1) is 11.6. The lowest BCUT2D eigenvalue weighted by atomic mass is 10.5. The Morgan fingerprint density at radius 1 is 1.64 bits per heavy atom. The maximum absolute atomic E-state index is 11.5. The molecule has 0 aliphatic carbocycles. The third kappa shape index (κ3) is 3.38. The van der Waals surface area contributed by atoms with Gasteiger partial charge in [-0.2, -0.15) is 0 Å². The summed E-state index contributed by atoms with van der Waals surface area (Å²) in [6.07, 6.45) is 3.29. The summed E-state index contributed by atoms with van der Waals surface area (Å²) in [5, 5.41) is 0. The van der Waals surface area contributed by atoms with Crippen molar-refractivity contribution in [3.8, 4) is 0 Å². The SMILES string of the molecule is CC(C)OCCn1cncc(I)c1=O. The maximum Gasteiger partial charge on any atom is 0.266 e. The molecule has 0 aromatic carbocycles. The number of hydrogen-bond acceptors (Lipinski definition) is 3. The van der Waals surface area contributed by atoms with Crippen LogP contribution in [0.2, 0.25) is 0 Å². The van der Waals surface area contributed by atoms with Crippen molar-refractivity contribution in [2.24, 2.45) is 0 Å². The second-order valence-electron chi connectivity index (χ2n) is 3.16. The highest BCUT2D eigenvalue weighted by atomic mass is 127. The Morgan fingerprint density at radius 3 is 3.00 bits per heavy atom. The number of nitrogens with zero attached hydrogens (tertiary/aromatic N) is 2. The van der Waals surface area contributed by atoms with Gasteiger partial charge in [-0.1, -0.05) is 0 Å². The number of hydrogen-bond donors (Lipinski definition) is 0. The molecule has 0 N–H and O–H groups in total. The van der Waals surface area contributed by atoms with Crippen LogP contribution in [0, 0.1) is 3.57 Å². The standard InChI is InChI=1S/C9H13IN2O2/c1-7(2)14-4-3-12-6-11-5-8(10)9(12)13/h5-7H,3-4H2,1-2H3. The van der Waals surface area contributed by atoms with Gasteiger partial charge in [-0.05, 0) is 36.4 Å². The first-order chi connectivity index (χ1) is 6.61. The van der Waals surface area contributed by atoms with Gasteiger partial charge in [-0.3, -0.25) is 9.36 Å². The van der Waals surface area contributed by atoms with Gasteiger partial charge in [-0.25, -0.2) is 4.98 Å². The summed E-state index contributed by atoms with van der Waals surface area (Å²) < 4.78 is 7.54. The van der Waals surface area contributed by atoms with Crippen LogP contribution in [-0.4, -0.2) is 22.3 Å². The quantitative estimate of drug-likeness (QED) is 0.787. The first-order valence-corrected chi connectivity index (χ1v) is 5.50. The first-order valence-electron chi connectivity index (χ1n) is 4.43. The fourth-order valence-electron chi connectivity index (χ4n) is 0.970. The molecular formula is C9H13IN2O2. The summed E-state index contributed by atoms with van der Waals surface area (Å²) in [7, 11) is 0. The van der Waals surface area contributed by atoms with Gasteiger partial charge in [0, 0.05) is 6.20 Å². The van der Waals surface area contributed by atoms with Crippen LogP contribution in [0.25, 0.3) is 0 Å². The third-order valence-electron chi connectivity index (χ3n) is 1.64. The highest BCUT2D eigenvalue weighted by Gasteiger charge is 2.00. The van der Waals surface area contributed by atoms with Crippen LogP contribution >= 0.6 is 22.6 Å². The average molecular weight is 308 g/mol. The van der Waals surface area contributed by atoms with Crippen LogP contribution in [0.1, 0.15) is 13.8 Å². The van der Waals surface area contributed by atoms with E-state index in [1.165, 1.54) is 6.33 Å². The molecule has 5 heteroatoms. The zero-order valence-corrected chi connectivity index (χ0v) is 10.4. The summed E-state index contributed by atoms with van der Waals surface area (Å²) in [6, 6.07) is 0. The number of ether oxygens (including phenoxy) is 1. The molecule has 14 heavy (non-hydrogen) atoms. The normalized spacial score (nSPS) is 10.9. The van der Waals surface area contributed by atoms with E-state index in [0.29, 0.717) is 16.7 Å². The van der Waals surface area contributed by atoms with E-state index in [-0.39, 0.29) is 11.7 Å². The van der Waals surface area contributed by atoms with Crippen LogP contribution in [0.4, 0.5) is 0 Å². The van der Waals surface area contributed by atoms with Gasteiger partial charge in [0.05, 0.1) is 29.2 Å². The largest absolute Gasteiger partial charge is 0.377 e. The van der Waals surface area contributed by atoms with E-state index in [4.69, 9.17) is 4.74 Å². The van der Waals surface area contributed by atoms with Crippen molar-refractivity contribution in [3.05, 3.63) is 26.4 Å². The molecule has 0 unspecified atom stereocenters.